The van der Waals surface area contributed by atoms with E-state index in [0.29, 0.717) is 0 Å². The van der Waals surface area contributed by atoms with Gasteiger partial charge in [0.05, 0.1) is 22.8 Å². The Balaban J connectivity index is 1.91. The second-order valence-corrected chi connectivity index (χ2v) is 8.18. The summed E-state index contributed by atoms with van der Waals surface area (Å²) in [6.07, 6.45) is 5.47. The monoisotopic (exact) mass is 408 g/mol. The number of hydrogen-bond acceptors (Lipinski definition) is 6. The van der Waals surface area contributed by atoms with E-state index < -0.39 is 28.5 Å². The summed E-state index contributed by atoms with van der Waals surface area (Å²) in [7, 11) is 0. The van der Waals surface area contributed by atoms with E-state index in [-0.39, 0.29) is 16.6 Å². The lowest BCUT2D eigenvalue weighted by Crippen LogP contribution is -2.60. The molecule has 1 aliphatic carbocycles. The Morgan fingerprint density at radius 3 is 2.59 bits per heavy atom. The molecule has 7 nitrogen and oxygen atoms in total. The van der Waals surface area contributed by atoms with Crippen molar-refractivity contribution < 1.29 is 14.6 Å². The van der Waals surface area contributed by atoms with Gasteiger partial charge in [0.1, 0.15) is 0 Å². The van der Waals surface area contributed by atoms with Crippen LogP contribution in [-0.2, 0) is 12.6 Å². The molecule has 2 heterocycles. The van der Waals surface area contributed by atoms with Gasteiger partial charge in [-0.05, 0) is 31.4 Å². The fourth-order valence-electron chi connectivity index (χ4n) is 4.28. The summed E-state index contributed by atoms with van der Waals surface area (Å²) >= 11 is 5.43. The lowest BCUT2D eigenvalue weighted by atomic mass is 9.73. The highest BCUT2D eigenvalue weighted by molar-refractivity contribution is 7.77. The molecule has 0 spiro atoms. The first kappa shape index (κ1) is 19.4. The smallest absolute Gasteiger partial charge is 0.269 e. The van der Waals surface area contributed by atoms with Gasteiger partial charge in [0.25, 0.3) is 5.69 Å². The van der Waals surface area contributed by atoms with Crippen molar-refractivity contribution in [3.63, 3.8) is 0 Å². The van der Waals surface area contributed by atoms with Crippen molar-refractivity contribution in [3.8, 4) is 6.07 Å². The van der Waals surface area contributed by atoms with E-state index in [9.17, 15) is 20.5 Å². The zero-order chi connectivity index (χ0) is 20.8. The summed E-state index contributed by atoms with van der Waals surface area (Å²) in [6.45, 7) is 1.96. The second-order valence-electron chi connectivity index (χ2n) is 7.76. The molecule has 0 bridgehead atoms. The van der Waals surface area contributed by atoms with Gasteiger partial charge in [0, 0.05) is 29.7 Å². The van der Waals surface area contributed by atoms with Crippen molar-refractivity contribution in [1.82, 2.24) is 0 Å². The Labute approximate surface area is 173 Å². The van der Waals surface area contributed by atoms with Gasteiger partial charge in [-0.25, -0.2) is 0 Å². The minimum atomic E-state index is -1.42. The van der Waals surface area contributed by atoms with Crippen LogP contribution in [0.2, 0.25) is 0 Å². The molecule has 1 N–H and O–H groups in total. The number of hydrogen-bond donors (Lipinski definition) is 1. The first-order chi connectivity index (χ1) is 13.8. The lowest BCUT2D eigenvalue weighted by molar-refractivity contribution is -0.743. The first-order valence-electron chi connectivity index (χ1n) is 9.45. The molecule has 0 unspecified atom stereocenters. The molecule has 4 atom stereocenters. The molecule has 1 fully saturated rings. The molecule has 29 heavy (non-hydrogen) atoms. The number of benzene rings is 1. The molecular weight excluding hydrogens is 388 g/mol. The number of aliphatic hydroxyl groups is 1. The van der Waals surface area contributed by atoms with Crippen LogP contribution in [0.25, 0.3) is 0 Å². The minimum Gasteiger partial charge on any atom is -0.764 e. The van der Waals surface area contributed by atoms with Crippen molar-refractivity contribution >= 4 is 23.4 Å². The molecule has 2 aromatic rings. The molecular formula is C21H20N4O3S. The maximum Gasteiger partial charge on any atom is 0.269 e. The number of aromatic nitrogens is 1. The van der Waals surface area contributed by atoms with Crippen LogP contribution in [-0.4, -0.2) is 20.8 Å². The number of pyridine rings is 1. The molecule has 1 aromatic heterocycles. The van der Waals surface area contributed by atoms with Crippen molar-refractivity contribution in [2.75, 3.05) is 0 Å². The van der Waals surface area contributed by atoms with E-state index in [4.69, 9.17) is 12.6 Å². The first-order valence-corrected chi connectivity index (χ1v) is 9.86. The maximum absolute atomic E-state index is 11.7. The summed E-state index contributed by atoms with van der Waals surface area (Å²) in [5.74, 6) is -1.23. The fourth-order valence-corrected chi connectivity index (χ4v) is 4.62. The van der Waals surface area contributed by atoms with E-state index >= 15 is 0 Å². The van der Waals surface area contributed by atoms with Crippen LogP contribution in [0.3, 0.4) is 0 Å². The van der Waals surface area contributed by atoms with E-state index in [2.05, 4.69) is 11.1 Å². The van der Waals surface area contributed by atoms with Crippen molar-refractivity contribution in [2.24, 2.45) is 16.8 Å². The number of rotatable bonds is 4. The Bertz CT molecular complexity index is 1030. The number of nitriles is 1. The van der Waals surface area contributed by atoms with Gasteiger partial charge in [-0.1, -0.05) is 17.2 Å². The largest absolute Gasteiger partial charge is 0.764 e. The quantitative estimate of drug-likeness (QED) is 0.363. The summed E-state index contributed by atoms with van der Waals surface area (Å²) in [6, 6.07) is 11.7. The molecule has 8 heteroatoms. The Morgan fingerprint density at radius 1 is 1.34 bits per heavy atom. The van der Waals surface area contributed by atoms with Crippen molar-refractivity contribution in [2.45, 2.75) is 37.5 Å². The molecule has 1 saturated carbocycles. The van der Waals surface area contributed by atoms with Gasteiger partial charge < -0.3 is 17.7 Å². The molecule has 0 amide bonds. The highest BCUT2D eigenvalue weighted by atomic mass is 32.1. The number of aryl methyl sites for hydroxylation is 1. The Kier molecular flexibility index (Phi) is 4.81. The van der Waals surface area contributed by atoms with Gasteiger partial charge in [0.15, 0.2) is 12.4 Å². The van der Waals surface area contributed by atoms with Gasteiger partial charge in [-0.3, -0.25) is 15.1 Å². The Hall–Kier alpha value is -2.89. The summed E-state index contributed by atoms with van der Waals surface area (Å²) in [4.78, 5) is 15.1. The molecule has 1 aliphatic heterocycles. The molecule has 4 rings (SSSR count). The van der Waals surface area contributed by atoms with Crippen LogP contribution >= 0.6 is 0 Å². The fraction of sp³-hybridized carbons (Fsp3) is 0.381. The third-order valence-corrected chi connectivity index (χ3v) is 6.13. The van der Waals surface area contributed by atoms with Crippen LogP contribution in [0, 0.1) is 40.2 Å². The standard InChI is InChI=1S/C21H20N4O3S/c1-13-3-2-10-24(12-13)19-18(14-4-8-16(9-5-14)25(27)28)17(11-22)20(29)23-21(19,26)15-6-7-15/h2-5,8-10,12,15,17-19,26H,6-7H2,1H3/t17-,18+,19-,21+/m1/s1. The zero-order valence-electron chi connectivity index (χ0n) is 15.8. The second kappa shape index (κ2) is 7.17. The van der Waals surface area contributed by atoms with Gasteiger partial charge >= 0.3 is 0 Å². The summed E-state index contributed by atoms with van der Waals surface area (Å²) in [5, 5.41) is 32.8. The van der Waals surface area contributed by atoms with Crippen LogP contribution in [0.5, 0.6) is 0 Å². The third kappa shape index (κ3) is 3.37. The number of nitro groups is 1. The van der Waals surface area contributed by atoms with Crippen LogP contribution in [0.15, 0.2) is 53.8 Å². The predicted octanol–water partition coefficient (Wildman–Crippen LogP) is 2.71. The number of aliphatic imine (C=N–C) groups is 1. The van der Waals surface area contributed by atoms with E-state index in [1.54, 1.807) is 12.1 Å². The minimum absolute atomic E-state index is 0.0254. The van der Waals surface area contributed by atoms with E-state index in [1.807, 2.05) is 36.0 Å². The summed E-state index contributed by atoms with van der Waals surface area (Å²) in [5.41, 5.74) is 0.282. The van der Waals surface area contributed by atoms with Gasteiger partial charge in [-0.2, -0.15) is 9.83 Å². The van der Waals surface area contributed by atoms with Crippen molar-refractivity contribution in [1.29, 1.82) is 5.26 Å². The highest BCUT2D eigenvalue weighted by Gasteiger charge is 2.60. The lowest BCUT2D eigenvalue weighted by Gasteiger charge is -2.43. The van der Waals surface area contributed by atoms with E-state index in [1.165, 1.54) is 12.1 Å². The topological polar surface area (TPSA) is 103 Å². The number of nitro benzene ring substituents is 1. The number of non-ortho nitro benzene ring substituents is 1. The zero-order valence-corrected chi connectivity index (χ0v) is 16.6. The highest BCUT2D eigenvalue weighted by Crippen LogP contribution is 2.53. The van der Waals surface area contributed by atoms with Gasteiger partial charge in [0.2, 0.25) is 11.8 Å². The predicted molar refractivity (Wildman–Crippen MR) is 108 cm³/mol. The number of nitrogens with zero attached hydrogens (tertiary/aromatic N) is 4. The van der Waals surface area contributed by atoms with Crippen LogP contribution < -0.4 is 4.57 Å². The Morgan fingerprint density at radius 2 is 2.03 bits per heavy atom. The molecule has 0 saturated heterocycles. The molecule has 1 aromatic carbocycles. The van der Waals surface area contributed by atoms with Crippen LogP contribution in [0.4, 0.5) is 5.69 Å². The molecule has 2 aliphatic rings. The van der Waals surface area contributed by atoms with Crippen molar-refractivity contribution in [3.05, 3.63) is 70.0 Å². The van der Waals surface area contributed by atoms with Gasteiger partial charge in [-0.15, -0.1) is 0 Å². The maximum atomic E-state index is 11.7. The average Bonchev–Trinajstić information content (AvgIpc) is 3.53. The molecule has 148 valence electrons. The third-order valence-electron chi connectivity index (χ3n) is 5.79. The normalized spacial score (nSPS) is 29.0. The SMILES string of the molecule is Cc1ccc[n+]([C@@H]2[C@@H](c3ccc([N+](=O)[O-])cc3)[C@@H](C#N)C([S-])=N[C@]2(O)C2CC2)c1. The molecule has 0 radical (unpaired) electrons. The summed E-state index contributed by atoms with van der Waals surface area (Å²) < 4.78 is 1.91. The average molecular weight is 408 g/mol. The van der Waals surface area contributed by atoms with E-state index in [0.717, 1.165) is 24.0 Å². The van der Waals surface area contributed by atoms with Crippen LogP contribution in [0.1, 0.15) is 35.9 Å².